The van der Waals surface area contributed by atoms with Crippen molar-refractivity contribution in [3.63, 3.8) is 0 Å². The van der Waals surface area contributed by atoms with Crippen LogP contribution in [0.3, 0.4) is 0 Å². The summed E-state index contributed by atoms with van der Waals surface area (Å²) in [6.45, 7) is 0. The quantitative estimate of drug-likeness (QED) is 0.143. The van der Waals surface area contributed by atoms with Crippen LogP contribution in [0.5, 0.6) is 0 Å². The Morgan fingerprint density at radius 2 is 0.717 bits per heavy atom. The van der Waals surface area contributed by atoms with Gasteiger partial charge in [-0.2, -0.15) is 0 Å². The van der Waals surface area contributed by atoms with E-state index >= 15 is 0 Å². The maximum Gasteiger partial charge on any atom is 0.136 e. The van der Waals surface area contributed by atoms with E-state index in [1.807, 2.05) is 12.1 Å². The third-order valence-corrected chi connectivity index (χ3v) is 11.7. The Kier molecular flexibility index (Phi) is 8.87. The minimum absolute atomic E-state index is 0.866. The average Bonchev–Trinajstić information content (AvgIpc) is 3.77. The van der Waals surface area contributed by atoms with Crippen LogP contribution in [0.1, 0.15) is 0 Å². The van der Waals surface area contributed by atoms with Gasteiger partial charge < -0.3 is 9.32 Å². The highest BCUT2D eigenvalue weighted by Crippen LogP contribution is 2.45. The summed E-state index contributed by atoms with van der Waals surface area (Å²) < 4.78 is 6.36. The maximum atomic E-state index is 6.36. The van der Waals surface area contributed by atoms with E-state index in [9.17, 15) is 0 Å². The van der Waals surface area contributed by atoms with Gasteiger partial charge in [-0.25, -0.2) is 0 Å². The maximum absolute atomic E-state index is 6.36. The van der Waals surface area contributed by atoms with Crippen LogP contribution in [-0.2, 0) is 0 Å². The first-order chi connectivity index (χ1) is 29.8. The number of nitrogens with zero attached hydrogens (tertiary/aromatic N) is 1. The SMILES string of the molecule is c1ccc(-c2ccccc2-c2ccccc2-c2ccc(N(c3ccc(-c4ccccc4-c4cc5ccccc5o4)cc3)c3cc4ccccc4c4ccccc34)cc2)cc1. The largest absolute Gasteiger partial charge is 0.456 e. The first-order valence-electron chi connectivity index (χ1n) is 20.5. The zero-order chi connectivity index (χ0) is 39.8. The highest BCUT2D eigenvalue weighted by atomic mass is 16.3. The van der Waals surface area contributed by atoms with Crippen molar-refractivity contribution in [2.75, 3.05) is 4.90 Å². The molecule has 0 N–H and O–H groups in total. The number of benzene rings is 10. The third-order valence-electron chi connectivity index (χ3n) is 11.7. The van der Waals surface area contributed by atoms with Crippen molar-refractivity contribution in [3.8, 4) is 55.8 Å². The summed E-state index contributed by atoms with van der Waals surface area (Å²) in [6.07, 6.45) is 0. The lowest BCUT2D eigenvalue weighted by Gasteiger charge is -2.28. The molecule has 11 rings (SSSR count). The van der Waals surface area contributed by atoms with Crippen LogP contribution in [0, 0.1) is 0 Å². The lowest BCUT2D eigenvalue weighted by atomic mass is 9.89. The molecule has 11 aromatic rings. The molecule has 0 saturated heterocycles. The van der Waals surface area contributed by atoms with Gasteiger partial charge in [0.2, 0.25) is 0 Å². The fourth-order valence-corrected chi connectivity index (χ4v) is 8.85. The number of hydrogen-bond acceptors (Lipinski definition) is 2. The first kappa shape index (κ1) is 35.2. The Labute approximate surface area is 349 Å². The second-order valence-electron chi connectivity index (χ2n) is 15.2. The van der Waals surface area contributed by atoms with Gasteiger partial charge in [0, 0.05) is 27.7 Å². The van der Waals surface area contributed by atoms with Gasteiger partial charge in [-0.05, 0) is 103 Å². The summed E-state index contributed by atoms with van der Waals surface area (Å²) in [6, 6.07) is 84.8. The van der Waals surface area contributed by atoms with Gasteiger partial charge in [-0.15, -0.1) is 0 Å². The zero-order valence-electron chi connectivity index (χ0n) is 32.9. The van der Waals surface area contributed by atoms with Crippen molar-refractivity contribution in [2.24, 2.45) is 0 Å². The van der Waals surface area contributed by atoms with Crippen LogP contribution < -0.4 is 4.90 Å². The predicted molar refractivity (Wildman–Crippen MR) is 253 cm³/mol. The van der Waals surface area contributed by atoms with E-state index in [-0.39, 0.29) is 0 Å². The van der Waals surface area contributed by atoms with Gasteiger partial charge in [0.05, 0.1) is 5.69 Å². The average molecular weight is 766 g/mol. The minimum Gasteiger partial charge on any atom is -0.456 e. The van der Waals surface area contributed by atoms with Crippen molar-refractivity contribution in [1.82, 2.24) is 0 Å². The molecular formula is C58H39NO. The molecule has 2 heteroatoms. The van der Waals surface area contributed by atoms with Crippen LogP contribution in [-0.4, -0.2) is 0 Å². The number of hydrogen-bond donors (Lipinski definition) is 0. The molecule has 282 valence electrons. The van der Waals surface area contributed by atoms with E-state index in [1.165, 1.54) is 49.4 Å². The highest BCUT2D eigenvalue weighted by Gasteiger charge is 2.20. The molecule has 1 heterocycles. The van der Waals surface area contributed by atoms with E-state index in [4.69, 9.17) is 4.42 Å². The number of anilines is 3. The molecular weight excluding hydrogens is 727 g/mol. The molecule has 60 heavy (non-hydrogen) atoms. The standard InChI is InChI=1S/C58H39NO/c1-2-16-40(17-3-1)47-20-7-10-24-51(47)52-25-11-8-21-48(52)41-30-34-45(35-31-41)59(56-38-43-18-4-6-23-50(43)53-26-12-13-27-54(53)56)46-36-32-42(33-37-46)49-22-9-14-28-55(49)58-39-44-19-5-15-29-57(44)60-58/h1-39H. The molecule has 0 fully saturated rings. The first-order valence-corrected chi connectivity index (χ1v) is 20.5. The van der Waals surface area contributed by atoms with Gasteiger partial charge in [-0.1, -0.05) is 194 Å². The molecule has 1 aromatic heterocycles. The predicted octanol–water partition coefficient (Wildman–Crippen LogP) is 16.5. The van der Waals surface area contributed by atoms with E-state index < -0.39 is 0 Å². The molecule has 0 spiro atoms. The zero-order valence-corrected chi connectivity index (χ0v) is 32.9. The van der Waals surface area contributed by atoms with Crippen molar-refractivity contribution in [3.05, 3.63) is 237 Å². The molecule has 10 aromatic carbocycles. The van der Waals surface area contributed by atoms with E-state index in [0.29, 0.717) is 0 Å². The van der Waals surface area contributed by atoms with Crippen molar-refractivity contribution in [1.29, 1.82) is 0 Å². The molecule has 0 atom stereocenters. The van der Waals surface area contributed by atoms with Crippen molar-refractivity contribution >= 4 is 49.6 Å². The second kappa shape index (κ2) is 15.1. The summed E-state index contributed by atoms with van der Waals surface area (Å²) in [7, 11) is 0. The van der Waals surface area contributed by atoms with Gasteiger partial charge in [0.25, 0.3) is 0 Å². The van der Waals surface area contributed by atoms with E-state index in [2.05, 4.69) is 229 Å². The van der Waals surface area contributed by atoms with Gasteiger partial charge in [0.15, 0.2) is 0 Å². The number of para-hydroxylation sites is 1. The number of fused-ring (bicyclic) bond motifs is 4. The van der Waals surface area contributed by atoms with Crippen molar-refractivity contribution < 1.29 is 4.42 Å². The molecule has 0 radical (unpaired) electrons. The number of furan rings is 1. The molecule has 0 aliphatic heterocycles. The summed E-state index contributed by atoms with van der Waals surface area (Å²) in [5.41, 5.74) is 14.7. The summed E-state index contributed by atoms with van der Waals surface area (Å²) in [5.74, 6) is 0.866. The van der Waals surface area contributed by atoms with E-state index in [0.717, 1.165) is 56.0 Å². The second-order valence-corrected chi connectivity index (χ2v) is 15.2. The Hall–Kier alpha value is -7.94. The van der Waals surface area contributed by atoms with Gasteiger partial charge in [-0.3, -0.25) is 0 Å². The Morgan fingerprint density at radius 1 is 0.283 bits per heavy atom. The third kappa shape index (κ3) is 6.32. The number of rotatable bonds is 8. The smallest absolute Gasteiger partial charge is 0.136 e. The van der Waals surface area contributed by atoms with Crippen molar-refractivity contribution in [2.45, 2.75) is 0 Å². The fourth-order valence-electron chi connectivity index (χ4n) is 8.85. The Bertz CT molecular complexity index is 3270. The molecule has 2 nitrogen and oxygen atoms in total. The molecule has 0 saturated carbocycles. The molecule has 0 bridgehead atoms. The summed E-state index contributed by atoms with van der Waals surface area (Å²) in [5, 5.41) is 5.98. The fraction of sp³-hybridized carbons (Fsp3) is 0. The van der Waals surface area contributed by atoms with Gasteiger partial charge in [0.1, 0.15) is 11.3 Å². The van der Waals surface area contributed by atoms with Crippen LogP contribution >= 0.6 is 0 Å². The minimum atomic E-state index is 0.866. The Morgan fingerprint density at radius 3 is 1.32 bits per heavy atom. The van der Waals surface area contributed by atoms with Crippen LogP contribution in [0.25, 0.3) is 88.3 Å². The van der Waals surface area contributed by atoms with Gasteiger partial charge >= 0.3 is 0 Å². The normalized spacial score (nSPS) is 11.3. The van der Waals surface area contributed by atoms with Crippen LogP contribution in [0.4, 0.5) is 17.1 Å². The molecule has 0 aliphatic rings. The topological polar surface area (TPSA) is 16.4 Å². The van der Waals surface area contributed by atoms with Crippen LogP contribution in [0.15, 0.2) is 241 Å². The monoisotopic (exact) mass is 765 g/mol. The Balaban J connectivity index is 1.03. The highest BCUT2D eigenvalue weighted by molar-refractivity contribution is 6.14. The molecule has 0 amide bonds. The lowest BCUT2D eigenvalue weighted by molar-refractivity contribution is 0.632. The lowest BCUT2D eigenvalue weighted by Crippen LogP contribution is -2.10. The van der Waals surface area contributed by atoms with Crippen LogP contribution in [0.2, 0.25) is 0 Å². The van der Waals surface area contributed by atoms with E-state index in [1.54, 1.807) is 0 Å². The molecule has 0 unspecified atom stereocenters. The summed E-state index contributed by atoms with van der Waals surface area (Å²) in [4.78, 5) is 2.41. The summed E-state index contributed by atoms with van der Waals surface area (Å²) >= 11 is 0. The molecule has 0 aliphatic carbocycles.